The first kappa shape index (κ1) is 17.9. The fourth-order valence-electron chi connectivity index (χ4n) is 3.68. The average molecular weight is 365 g/mol. The van der Waals surface area contributed by atoms with Gasteiger partial charge in [-0.1, -0.05) is 12.1 Å². The summed E-state index contributed by atoms with van der Waals surface area (Å²) in [5.74, 6) is -0.0332. The summed E-state index contributed by atoms with van der Waals surface area (Å²) in [4.78, 5) is 25.3. The molecule has 2 saturated heterocycles. The highest BCUT2D eigenvalue weighted by atomic mass is 32.2. The number of carbonyl (C=O) groups is 2. The Morgan fingerprint density at radius 1 is 1.08 bits per heavy atom. The molecular formula is C18H23NO5S. The first-order valence-electron chi connectivity index (χ1n) is 8.65. The molecule has 1 atom stereocenters. The van der Waals surface area contributed by atoms with Crippen molar-refractivity contribution in [2.24, 2.45) is 5.92 Å². The average Bonchev–Trinajstić information content (AvgIpc) is 3.07. The molecule has 0 aliphatic carbocycles. The largest absolute Gasteiger partial charge is 0.478 e. The van der Waals surface area contributed by atoms with Crippen molar-refractivity contribution in [2.75, 3.05) is 24.6 Å². The van der Waals surface area contributed by atoms with Crippen molar-refractivity contribution >= 4 is 21.7 Å². The minimum absolute atomic E-state index is 0.106. The highest BCUT2D eigenvalue weighted by Crippen LogP contribution is 2.29. The Morgan fingerprint density at radius 3 is 2.32 bits per heavy atom. The molecule has 1 amide bonds. The lowest BCUT2D eigenvalue weighted by molar-refractivity contribution is -0.131. The van der Waals surface area contributed by atoms with Crippen LogP contribution in [0.15, 0.2) is 24.3 Å². The second-order valence-electron chi connectivity index (χ2n) is 7.05. The number of carboxylic acid groups (broad SMARTS) is 1. The second-order valence-corrected chi connectivity index (χ2v) is 9.36. The molecule has 25 heavy (non-hydrogen) atoms. The van der Waals surface area contributed by atoms with Gasteiger partial charge in [-0.05, 0) is 42.9 Å². The Balaban J connectivity index is 1.53. The van der Waals surface area contributed by atoms with Crippen molar-refractivity contribution in [1.82, 2.24) is 4.90 Å². The molecule has 0 bridgehead atoms. The molecule has 2 aliphatic rings. The van der Waals surface area contributed by atoms with Crippen LogP contribution in [-0.4, -0.2) is 54.9 Å². The number of rotatable bonds is 4. The van der Waals surface area contributed by atoms with Crippen molar-refractivity contribution in [3.8, 4) is 0 Å². The zero-order chi connectivity index (χ0) is 18.0. The lowest BCUT2D eigenvalue weighted by atomic mass is 9.97. The number of hydrogen-bond donors (Lipinski definition) is 1. The van der Waals surface area contributed by atoms with Gasteiger partial charge < -0.3 is 10.0 Å². The standard InChI is InChI=1S/C18H23NO5S/c20-17(11-13-6-9-25(23,24)10-7-13)19-8-5-16(12-19)14-1-3-15(4-2-14)18(21)22/h1-4,13,16H,5-12H2,(H,21,22)/t16-/m1/s1. The van der Waals surface area contributed by atoms with Crippen LogP contribution in [0.5, 0.6) is 0 Å². The summed E-state index contributed by atoms with van der Waals surface area (Å²) >= 11 is 0. The number of aromatic carboxylic acids is 1. The molecule has 1 aromatic rings. The Morgan fingerprint density at radius 2 is 1.72 bits per heavy atom. The summed E-state index contributed by atoms with van der Waals surface area (Å²) in [5.41, 5.74) is 1.32. The molecule has 1 aromatic carbocycles. The van der Waals surface area contributed by atoms with E-state index in [1.165, 1.54) is 0 Å². The molecule has 6 nitrogen and oxygen atoms in total. The number of nitrogens with zero attached hydrogens (tertiary/aromatic N) is 1. The van der Waals surface area contributed by atoms with Gasteiger partial charge in [0.05, 0.1) is 17.1 Å². The van der Waals surface area contributed by atoms with Gasteiger partial charge in [0.15, 0.2) is 0 Å². The summed E-state index contributed by atoms with van der Waals surface area (Å²) in [7, 11) is -2.89. The third kappa shape index (κ3) is 4.39. The maximum absolute atomic E-state index is 12.5. The molecule has 2 fully saturated rings. The number of carboxylic acids is 1. The Hall–Kier alpha value is -1.89. The summed E-state index contributed by atoms with van der Waals surface area (Å²) < 4.78 is 22.9. The van der Waals surface area contributed by atoms with Crippen LogP contribution in [0.1, 0.15) is 47.5 Å². The monoisotopic (exact) mass is 365 g/mol. The second kappa shape index (κ2) is 7.15. The third-order valence-corrected chi connectivity index (χ3v) is 7.02. The van der Waals surface area contributed by atoms with Crippen LogP contribution < -0.4 is 0 Å². The first-order chi connectivity index (χ1) is 11.8. The van der Waals surface area contributed by atoms with E-state index in [9.17, 15) is 18.0 Å². The van der Waals surface area contributed by atoms with E-state index in [1.807, 2.05) is 17.0 Å². The van der Waals surface area contributed by atoms with Gasteiger partial charge in [-0.15, -0.1) is 0 Å². The van der Waals surface area contributed by atoms with Gasteiger partial charge in [-0.3, -0.25) is 4.79 Å². The third-order valence-electron chi connectivity index (χ3n) is 5.31. The van der Waals surface area contributed by atoms with E-state index in [1.54, 1.807) is 12.1 Å². The highest BCUT2D eigenvalue weighted by molar-refractivity contribution is 7.91. The van der Waals surface area contributed by atoms with Crippen LogP contribution in [-0.2, 0) is 14.6 Å². The number of carbonyl (C=O) groups excluding carboxylic acids is 1. The van der Waals surface area contributed by atoms with Crippen LogP contribution in [0, 0.1) is 5.92 Å². The number of likely N-dealkylation sites (tertiary alicyclic amines) is 1. The Bertz CT molecular complexity index is 742. The SMILES string of the molecule is O=C(O)c1ccc([C@@H]2CCN(C(=O)CC3CCS(=O)(=O)CC3)C2)cc1. The van der Waals surface area contributed by atoms with Gasteiger partial charge in [-0.2, -0.15) is 0 Å². The van der Waals surface area contributed by atoms with Gasteiger partial charge in [0, 0.05) is 25.4 Å². The Kier molecular flexibility index (Phi) is 5.13. The topological polar surface area (TPSA) is 91.8 Å². The molecular weight excluding hydrogens is 342 g/mol. The molecule has 2 aliphatic heterocycles. The fraction of sp³-hybridized carbons (Fsp3) is 0.556. The van der Waals surface area contributed by atoms with Crippen LogP contribution in [0.3, 0.4) is 0 Å². The van der Waals surface area contributed by atoms with E-state index < -0.39 is 15.8 Å². The molecule has 0 saturated carbocycles. The molecule has 0 spiro atoms. The van der Waals surface area contributed by atoms with Crippen LogP contribution in [0.2, 0.25) is 0 Å². The van der Waals surface area contributed by atoms with Gasteiger partial charge in [-0.25, -0.2) is 13.2 Å². The molecule has 3 rings (SSSR count). The normalized spacial score (nSPS) is 23.5. The molecule has 0 unspecified atom stereocenters. The number of sulfone groups is 1. The number of amides is 1. The predicted octanol–water partition coefficient (Wildman–Crippen LogP) is 1.92. The summed E-state index contributed by atoms with van der Waals surface area (Å²) in [6.45, 7) is 1.35. The lowest BCUT2D eigenvalue weighted by Crippen LogP contribution is -2.32. The molecule has 1 N–H and O–H groups in total. The van der Waals surface area contributed by atoms with E-state index in [4.69, 9.17) is 5.11 Å². The number of hydrogen-bond acceptors (Lipinski definition) is 4. The van der Waals surface area contributed by atoms with Crippen molar-refractivity contribution in [3.63, 3.8) is 0 Å². The van der Waals surface area contributed by atoms with Gasteiger partial charge in [0.2, 0.25) is 5.91 Å². The maximum atomic E-state index is 12.5. The summed E-state index contributed by atoms with van der Waals surface area (Å²) in [6, 6.07) is 6.86. The van der Waals surface area contributed by atoms with Crippen LogP contribution in [0.25, 0.3) is 0 Å². The fourth-order valence-corrected chi connectivity index (χ4v) is 5.26. The molecule has 0 radical (unpaired) electrons. The summed E-state index contributed by atoms with van der Waals surface area (Å²) in [5, 5.41) is 8.95. The van der Waals surface area contributed by atoms with Crippen molar-refractivity contribution in [2.45, 2.75) is 31.6 Å². The van der Waals surface area contributed by atoms with Crippen molar-refractivity contribution in [3.05, 3.63) is 35.4 Å². The molecule has 0 aromatic heterocycles. The quantitative estimate of drug-likeness (QED) is 0.880. The first-order valence-corrected chi connectivity index (χ1v) is 10.5. The van der Waals surface area contributed by atoms with E-state index >= 15 is 0 Å². The van der Waals surface area contributed by atoms with Gasteiger partial charge >= 0.3 is 5.97 Å². The van der Waals surface area contributed by atoms with Crippen molar-refractivity contribution in [1.29, 1.82) is 0 Å². The Labute approximate surface area is 147 Å². The van der Waals surface area contributed by atoms with Gasteiger partial charge in [0.1, 0.15) is 9.84 Å². The van der Waals surface area contributed by atoms with E-state index in [-0.39, 0.29) is 34.8 Å². The zero-order valence-electron chi connectivity index (χ0n) is 14.1. The van der Waals surface area contributed by atoms with E-state index in [0.717, 1.165) is 12.0 Å². The lowest BCUT2D eigenvalue weighted by Gasteiger charge is -2.24. The minimum atomic E-state index is -2.89. The van der Waals surface area contributed by atoms with E-state index in [2.05, 4.69) is 0 Å². The summed E-state index contributed by atoms with van der Waals surface area (Å²) in [6.07, 6.45) is 2.47. The smallest absolute Gasteiger partial charge is 0.335 e. The highest BCUT2D eigenvalue weighted by Gasteiger charge is 2.31. The molecule has 2 heterocycles. The number of benzene rings is 1. The van der Waals surface area contributed by atoms with E-state index in [0.29, 0.717) is 32.4 Å². The maximum Gasteiger partial charge on any atom is 0.335 e. The molecule has 7 heteroatoms. The zero-order valence-corrected chi connectivity index (χ0v) is 14.9. The van der Waals surface area contributed by atoms with Crippen LogP contribution in [0.4, 0.5) is 0 Å². The van der Waals surface area contributed by atoms with Gasteiger partial charge in [0.25, 0.3) is 0 Å². The molecule has 136 valence electrons. The van der Waals surface area contributed by atoms with Crippen LogP contribution >= 0.6 is 0 Å². The minimum Gasteiger partial charge on any atom is -0.478 e. The van der Waals surface area contributed by atoms with Crippen molar-refractivity contribution < 1.29 is 23.1 Å². The predicted molar refractivity (Wildman–Crippen MR) is 93.3 cm³/mol.